The van der Waals surface area contributed by atoms with Crippen LogP contribution in [-0.4, -0.2) is 16.6 Å². The third kappa shape index (κ3) is 3.87. The number of thioether (sulfide) groups is 1. The van der Waals surface area contributed by atoms with Crippen molar-refractivity contribution < 1.29 is 9.52 Å². The molecule has 0 aromatic carbocycles. The van der Waals surface area contributed by atoms with Gasteiger partial charge < -0.3 is 9.52 Å². The molecule has 0 aliphatic carbocycles. The largest absolute Gasteiger partial charge is 0.472 e. The maximum atomic E-state index is 9.64. The van der Waals surface area contributed by atoms with Crippen molar-refractivity contribution in [3.63, 3.8) is 0 Å². The van der Waals surface area contributed by atoms with Crippen molar-refractivity contribution in [3.8, 4) is 0 Å². The first-order valence-electron chi connectivity index (χ1n) is 4.48. The molecule has 1 heterocycles. The first-order valence-corrected chi connectivity index (χ1v) is 5.63. The molecular weight excluding hydrogens is 184 g/mol. The van der Waals surface area contributed by atoms with E-state index in [-0.39, 0.29) is 6.10 Å². The molecule has 1 rings (SSSR count). The van der Waals surface area contributed by atoms with Crippen LogP contribution in [0, 0.1) is 5.92 Å². The molecule has 0 aliphatic heterocycles. The molecule has 13 heavy (non-hydrogen) atoms. The zero-order valence-corrected chi connectivity index (χ0v) is 8.88. The summed E-state index contributed by atoms with van der Waals surface area (Å²) in [5.41, 5.74) is 0.872. The van der Waals surface area contributed by atoms with Crippen LogP contribution in [0.2, 0.25) is 0 Å². The van der Waals surface area contributed by atoms with Crippen molar-refractivity contribution in [1.29, 1.82) is 0 Å². The summed E-state index contributed by atoms with van der Waals surface area (Å²) in [6.45, 7) is 4.36. The van der Waals surface area contributed by atoms with Crippen LogP contribution in [0.3, 0.4) is 0 Å². The number of hydrogen-bond donors (Lipinski definition) is 1. The molecule has 3 heteroatoms. The Hall–Kier alpha value is -0.410. The fraction of sp³-hybridized carbons (Fsp3) is 0.600. The zero-order valence-electron chi connectivity index (χ0n) is 8.06. The highest BCUT2D eigenvalue weighted by atomic mass is 32.2. The van der Waals surface area contributed by atoms with Crippen molar-refractivity contribution in [2.24, 2.45) is 5.92 Å². The molecule has 1 N–H and O–H groups in total. The molecule has 0 radical (unpaired) electrons. The molecule has 2 nitrogen and oxygen atoms in total. The first kappa shape index (κ1) is 10.7. The quantitative estimate of drug-likeness (QED) is 0.793. The molecule has 1 atom stereocenters. The molecule has 0 aliphatic rings. The number of aliphatic hydroxyl groups is 1. The van der Waals surface area contributed by atoms with Crippen molar-refractivity contribution in [2.75, 3.05) is 11.5 Å². The predicted molar refractivity (Wildman–Crippen MR) is 55.8 cm³/mol. The standard InChI is InChI=1S/C10H16O2S/c1-8(2)6-13-7-10(11)9-3-4-12-5-9/h3-5,8,10-11H,6-7H2,1-2H3. The Morgan fingerprint density at radius 3 is 2.77 bits per heavy atom. The van der Waals surface area contributed by atoms with Crippen LogP contribution in [0.15, 0.2) is 23.0 Å². The second-order valence-corrected chi connectivity index (χ2v) is 4.58. The van der Waals surface area contributed by atoms with Crippen LogP contribution in [0.25, 0.3) is 0 Å². The molecular formula is C10H16O2S. The van der Waals surface area contributed by atoms with Gasteiger partial charge in [0.25, 0.3) is 0 Å². The van der Waals surface area contributed by atoms with Gasteiger partial charge in [-0.2, -0.15) is 11.8 Å². The molecule has 0 saturated heterocycles. The second kappa shape index (κ2) is 5.35. The predicted octanol–water partition coefficient (Wildman–Crippen LogP) is 2.70. The van der Waals surface area contributed by atoms with E-state index < -0.39 is 0 Å². The number of rotatable bonds is 5. The summed E-state index contributed by atoms with van der Waals surface area (Å²) in [5, 5.41) is 9.64. The molecule has 1 unspecified atom stereocenters. The van der Waals surface area contributed by atoms with Crippen molar-refractivity contribution >= 4 is 11.8 Å². The van der Waals surface area contributed by atoms with Crippen molar-refractivity contribution in [1.82, 2.24) is 0 Å². The summed E-state index contributed by atoms with van der Waals surface area (Å²) < 4.78 is 4.89. The van der Waals surface area contributed by atoms with E-state index in [0.717, 1.165) is 17.1 Å². The summed E-state index contributed by atoms with van der Waals surface area (Å²) in [6.07, 6.45) is 2.80. The van der Waals surface area contributed by atoms with E-state index in [0.29, 0.717) is 5.92 Å². The third-order valence-electron chi connectivity index (χ3n) is 1.65. The average Bonchev–Trinajstić information content (AvgIpc) is 2.55. The zero-order chi connectivity index (χ0) is 9.68. The van der Waals surface area contributed by atoms with Crippen LogP contribution in [0.5, 0.6) is 0 Å². The Labute approximate surface area is 83.3 Å². The lowest BCUT2D eigenvalue weighted by Crippen LogP contribution is -2.01. The maximum Gasteiger partial charge on any atom is 0.0960 e. The molecule has 0 fully saturated rings. The lowest BCUT2D eigenvalue weighted by Gasteiger charge is -2.08. The Kier molecular flexibility index (Phi) is 4.39. The summed E-state index contributed by atoms with van der Waals surface area (Å²) in [4.78, 5) is 0. The topological polar surface area (TPSA) is 33.4 Å². The number of furan rings is 1. The lowest BCUT2D eigenvalue weighted by atomic mass is 10.2. The van der Waals surface area contributed by atoms with Gasteiger partial charge in [0.05, 0.1) is 18.6 Å². The lowest BCUT2D eigenvalue weighted by molar-refractivity contribution is 0.203. The highest BCUT2D eigenvalue weighted by Gasteiger charge is 2.08. The normalized spacial score (nSPS) is 13.5. The van der Waals surface area contributed by atoms with Gasteiger partial charge in [-0.1, -0.05) is 13.8 Å². The molecule has 74 valence electrons. The molecule has 0 bridgehead atoms. The SMILES string of the molecule is CC(C)CSCC(O)c1ccoc1. The van der Waals surface area contributed by atoms with E-state index in [9.17, 15) is 5.11 Å². The smallest absolute Gasteiger partial charge is 0.0960 e. The van der Waals surface area contributed by atoms with Gasteiger partial charge in [0, 0.05) is 11.3 Å². The monoisotopic (exact) mass is 200 g/mol. The Morgan fingerprint density at radius 2 is 2.23 bits per heavy atom. The third-order valence-corrected chi connectivity index (χ3v) is 3.11. The van der Waals surface area contributed by atoms with Crippen LogP contribution in [-0.2, 0) is 0 Å². The van der Waals surface area contributed by atoms with Crippen LogP contribution in [0.1, 0.15) is 25.5 Å². The van der Waals surface area contributed by atoms with Crippen molar-refractivity contribution in [3.05, 3.63) is 24.2 Å². The van der Waals surface area contributed by atoms with Gasteiger partial charge in [0.2, 0.25) is 0 Å². The van der Waals surface area contributed by atoms with Crippen LogP contribution >= 0.6 is 11.8 Å². The minimum atomic E-state index is -0.387. The minimum Gasteiger partial charge on any atom is -0.472 e. The summed E-state index contributed by atoms with van der Waals surface area (Å²) >= 11 is 1.78. The van der Waals surface area contributed by atoms with Gasteiger partial charge in [0.15, 0.2) is 0 Å². The van der Waals surface area contributed by atoms with E-state index in [1.807, 2.05) is 0 Å². The summed E-state index contributed by atoms with van der Waals surface area (Å²) in [7, 11) is 0. The molecule has 1 aromatic rings. The van der Waals surface area contributed by atoms with Crippen LogP contribution in [0.4, 0.5) is 0 Å². The molecule has 0 spiro atoms. The van der Waals surface area contributed by atoms with E-state index in [1.165, 1.54) is 0 Å². The number of hydrogen-bond acceptors (Lipinski definition) is 3. The van der Waals surface area contributed by atoms with Gasteiger partial charge in [-0.25, -0.2) is 0 Å². The highest BCUT2D eigenvalue weighted by Crippen LogP contribution is 2.19. The fourth-order valence-corrected chi connectivity index (χ4v) is 2.00. The summed E-state index contributed by atoms with van der Waals surface area (Å²) in [5.74, 6) is 2.52. The van der Waals surface area contributed by atoms with E-state index in [1.54, 1.807) is 30.4 Å². The van der Waals surface area contributed by atoms with E-state index >= 15 is 0 Å². The van der Waals surface area contributed by atoms with E-state index in [2.05, 4.69) is 13.8 Å². The Bertz CT molecular complexity index is 219. The minimum absolute atomic E-state index is 0.387. The summed E-state index contributed by atoms with van der Waals surface area (Å²) in [6, 6.07) is 1.81. The van der Waals surface area contributed by atoms with Crippen LogP contribution < -0.4 is 0 Å². The average molecular weight is 200 g/mol. The number of aliphatic hydroxyl groups excluding tert-OH is 1. The fourth-order valence-electron chi connectivity index (χ4n) is 0.976. The van der Waals surface area contributed by atoms with Gasteiger partial charge >= 0.3 is 0 Å². The Balaban J connectivity index is 2.22. The second-order valence-electron chi connectivity index (χ2n) is 3.50. The van der Waals surface area contributed by atoms with Gasteiger partial charge in [-0.05, 0) is 17.7 Å². The van der Waals surface area contributed by atoms with Gasteiger partial charge in [0.1, 0.15) is 0 Å². The van der Waals surface area contributed by atoms with E-state index in [4.69, 9.17) is 4.42 Å². The highest BCUT2D eigenvalue weighted by molar-refractivity contribution is 7.99. The molecule has 0 amide bonds. The first-order chi connectivity index (χ1) is 6.20. The Morgan fingerprint density at radius 1 is 1.46 bits per heavy atom. The van der Waals surface area contributed by atoms with Gasteiger partial charge in [-0.3, -0.25) is 0 Å². The molecule has 0 saturated carbocycles. The molecule has 1 aromatic heterocycles. The maximum absolute atomic E-state index is 9.64. The van der Waals surface area contributed by atoms with Gasteiger partial charge in [-0.15, -0.1) is 0 Å². The van der Waals surface area contributed by atoms with Crippen molar-refractivity contribution in [2.45, 2.75) is 20.0 Å².